The molecule has 0 saturated heterocycles. The van der Waals surface area contributed by atoms with Crippen molar-refractivity contribution < 1.29 is 44.6 Å². The summed E-state index contributed by atoms with van der Waals surface area (Å²) >= 11 is 0. The minimum Gasteiger partial charge on any atom is -0.861 e. The van der Waals surface area contributed by atoms with Crippen molar-refractivity contribution in [2.45, 2.75) is 84.1 Å². The van der Waals surface area contributed by atoms with Gasteiger partial charge in [-0.05, 0) is 25.8 Å². The van der Waals surface area contributed by atoms with Gasteiger partial charge in [0.2, 0.25) is 0 Å². The molecule has 0 amide bonds. The zero-order chi connectivity index (χ0) is 16.6. The quantitative estimate of drug-likeness (QED) is 0.187. The van der Waals surface area contributed by atoms with E-state index in [1.54, 1.807) is 0 Å². The maximum Gasteiger partial charge on any atom is 1.00 e. The number of carboxylic acid groups (broad SMARTS) is 1. The van der Waals surface area contributed by atoms with E-state index < -0.39 is 12.0 Å². The molecule has 5 nitrogen and oxygen atoms in total. The van der Waals surface area contributed by atoms with Crippen LogP contribution in [0, 0.1) is 0 Å². The summed E-state index contributed by atoms with van der Waals surface area (Å²) in [6.07, 6.45) is 12.9. The van der Waals surface area contributed by atoms with E-state index in [-0.39, 0.29) is 42.0 Å². The average molecular weight is 336 g/mol. The largest absolute Gasteiger partial charge is 1.00 e. The van der Waals surface area contributed by atoms with E-state index in [4.69, 9.17) is 5.11 Å². The van der Waals surface area contributed by atoms with Crippen molar-refractivity contribution in [2.24, 2.45) is 4.99 Å². The molecule has 0 radical (unpaired) electrons. The number of unbranched alkanes of at least 4 members (excludes halogenated alkanes) is 9. The zero-order valence-corrected chi connectivity index (χ0v) is 17.3. The fourth-order valence-corrected chi connectivity index (χ4v) is 2.25. The number of nitrogens with zero attached hydrogens (tertiary/aromatic N) is 1. The maximum absolute atomic E-state index is 11.3. The summed E-state index contributed by atoms with van der Waals surface area (Å²) in [4.78, 5) is 14.1. The summed E-state index contributed by atoms with van der Waals surface area (Å²) in [5, 5.41) is 23.0. The van der Waals surface area contributed by atoms with Crippen molar-refractivity contribution in [3.8, 4) is 0 Å². The Balaban J connectivity index is 0. The van der Waals surface area contributed by atoms with Gasteiger partial charge >= 0.3 is 35.5 Å². The summed E-state index contributed by atoms with van der Waals surface area (Å²) in [5.41, 5.74) is 0. The molecule has 0 aromatic rings. The Hall–Kier alpha value is -0.100. The van der Waals surface area contributed by atoms with E-state index >= 15 is 0 Å². The number of aliphatic imine (C=N–C) groups is 1. The van der Waals surface area contributed by atoms with Gasteiger partial charge in [-0.15, -0.1) is 0 Å². The third-order valence-corrected chi connectivity index (χ3v) is 3.68. The van der Waals surface area contributed by atoms with E-state index in [2.05, 4.69) is 17.2 Å². The second-order valence-electron chi connectivity index (χ2n) is 5.90. The van der Waals surface area contributed by atoms with Crippen LogP contribution >= 0.6 is 0 Å². The first kappa shape index (κ1) is 25.1. The van der Waals surface area contributed by atoms with E-state index in [9.17, 15) is 9.90 Å². The van der Waals surface area contributed by atoms with Crippen molar-refractivity contribution in [3.63, 3.8) is 0 Å². The van der Waals surface area contributed by atoms with E-state index in [0.29, 0.717) is 0 Å². The van der Waals surface area contributed by atoms with Crippen molar-refractivity contribution >= 4 is 11.9 Å². The number of nitrogens with one attached hydrogen (secondary N) is 1. The minimum absolute atomic E-state index is 0. The van der Waals surface area contributed by atoms with Crippen LogP contribution in [0.3, 0.4) is 0 Å². The fourth-order valence-electron chi connectivity index (χ4n) is 2.25. The summed E-state index contributed by atoms with van der Waals surface area (Å²) in [6.45, 7) is 4.57. The van der Waals surface area contributed by atoms with E-state index in [1.165, 1.54) is 64.7 Å². The van der Waals surface area contributed by atoms with Crippen LogP contribution in [0.2, 0.25) is 0 Å². The predicted molar refractivity (Wildman–Crippen MR) is 89.2 cm³/mol. The minimum atomic E-state index is -1.07. The van der Waals surface area contributed by atoms with Gasteiger partial charge in [-0.3, -0.25) is 4.99 Å². The van der Waals surface area contributed by atoms with Crippen molar-refractivity contribution in [2.75, 3.05) is 13.1 Å². The van der Waals surface area contributed by atoms with Gasteiger partial charge in [0, 0.05) is 6.54 Å². The second kappa shape index (κ2) is 18.2. The normalized spacial score (nSPS) is 12.7. The molecule has 23 heavy (non-hydrogen) atoms. The van der Waals surface area contributed by atoms with E-state index in [0.717, 1.165) is 13.0 Å². The van der Waals surface area contributed by atoms with Crippen molar-refractivity contribution in [1.29, 1.82) is 0 Å². The van der Waals surface area contributed by atoms with Gasteiger partial charge in [0.1, 0.15) is 6.04 Å². The second-order valence-corrected chi connectivity index (χ2v) is 5.90. The summed E-state index contributed by atoms with van der Waals surface area (Å²) in [7, 11) is 0. The molecule has 0 rings (SSSR count). The summed E-state index contributed by atoms with van der Waals surface area (Å²) < 4.78 is 0. The molecule has 0 heterocycles. The Labute approximate surface area is 163 Å². The monoisotopic (exact) mass is 336 g/mol. The Bertz CT molecular complexity index is 312. The molecule has 0 spiro atoms. The van der Waals surface area contributed by atoms with Crippen LogP contribution in [0.15, 0.2) is 4.99 Å². The molecular formula is C17H33N2NaO3. The zero-order valence-electron chi connectivity index (χ0n) is 15.3. The molecule has 6 heteroatoms. The molecule has 2 N–H and O–H groups in total. The first-order chi connectivity index (χ1) is 10.6. The molecule has 0 aliphatic heterocycles. The molecule has 0 aliphatic carbocycles. The van der Waals surface area contributed by atoms with Gasteiger partial charge in [0.05, 0.1) is 0 Å². The van der Waals surface area contributed by atoms with Gasteiger partial charge in [0.25, 0.3) is 0 Å². The molecule has 0 aromatic heterocycles. The molecule has 1 atom stereocenters. The summed E-state index contributed by atoms with van der Waals surface area (Å²) in [6, 6.07) is -0.952. The van der Waals surface area contributed by atoms with Gasteiger partial charge in [-0.25, -0.2) is 4.79 Å². The molecular weight excluding hydrogens is 303 g/mol. The standard InChI is InChI=1S/C17H34N2O3.Na/c1-3-4-5-6-7-8-9-10-11-12-13-18-14-16(20)19-15(2)17(21)22;/h15,18H,3-14H2,1-2H3,(H,19,20)(H,21,22);/q;+1/p-1/t15-;/m0./s1. The number of hydrogen-bond donors (Lipinski definition) is 2. The first-order valence-corrected chi connectivity index (χ1v) is 8.75. The van der Waals surface area contributed by atoms with Crippen molar-refractivity contribution in [1.82, 2.24) is 5.32 Å². The topological polar surface area (TPSA) is 84.8 Å². The molecule has 0 aromatic carbocycles. The third-order valence-electron chi connectivity index (χ3n) is 3.68. The summed E-state index contributed by atoms with van der Waals surface area (Å²) in [5.74, 6) is -1.45. The molecule has 0 unspecified atom stereocenters. The first-order valence-electron chi connectivity index (χ1n) is 8.75. The Morgan fingerprint density at radius 3 is 2.00 bits per heavy atom. The van der Waals surface area contributed by atoms with Gasteiger partial charge in [-0.1, -0.05) is 64.7 Å². The maximum atomic E-state index is 11.3. The average Bonchev–Trinajstić information content (AvgIpc) is 2.48. The molecule has 0 aliphatic rings. The van der Waals surface area contributed by atoms with Crippen LogP contribution in [0.4, 0.5) is 0 Å². The molecule has 130 valence electrons. The van der Waals surface area contributed by atoms with Gasteiger partial charge in [0.15, 0.2) is 0 Å². The SMILES string of the molecule is CCCCCCCCCCCCNCC([O-])=N[C@@H](C)C(=O)O.[Na+]. The Morgan fingerprint density at radius 1 is 1.04 bits per heavy atom. The molecule has 0 bridgehead atoms. The number of hydrogen-bond acceptors (Lipinski definition) is 4. The Kier molecular flexibility index (Phi) is 19.9. The van der Waals surface area contributed by atoms with Crippen molar-refractivity contribution in [3.05, 3.63) is 0 Å². The molecule has 0 saturated carbocycles. The van der Waals surface area contributed by atoms with Gasteiger partial charge < -0.3 is 15.5 Å². The predicted octanol–water partition coefficient (Wildman–Crippen LogP) is -0.267. The van der Waals surface area contributed by atoms with Gasteiger partial charge in [-0.2, -0.15) is 0 Å². The smallest absolute Gasteiger partial charge is 0.861 e. The fraction of sp³-hybridized carbons (Fsp3) is 0.882. The number of carboxylic acids is 1. The van der Waals surface area contributed by atoms with Crippen LogP contribution in [-0.2, 0) is 4.79 Å². The number of rotatable bonds is 15. The van der Waals surface area contributed by atoms with Crippen LogP contribution in [-0.4, -0.2) is 36.1 Å². The van der Waals surface area contributed by atoms with Crippen LogP contribution in [0.25, 0.3) is 0 Å². The third kappa shape index (κ3) is 18.1. The molecule has 0 fully saturated rings. The van der Waals surface area contributed by atoms with Crippen LogP contribution < -0.4 is 40.0 Å². The van der Waals surface area contributed by atoms with Crippen LogP contribution in [0.1, 0.15) is 78.1 Å². The number of aliphatic carboxylic acids is 1. The Morgan fingerprint density at radius 2 is 1.52 bits per heavy atom. The van der Waals surface area contributed by atoms with Crippen LogP contribution in [0.5, 0.6) is 0 Å². The van der Waals surface area contributed by atoms with E-state index in [1.807, 2.05) is 0 Å². The number of carbonyl (C=O) groups is 1.